The van der Waals surface area contributed by atoms with E-state index < -0.39 is 24.4 Å². The third-order valence-corrected chi connectivity index (χ3v) is 8.53. The number of amides is 2. The van der Waals surface area contributed by atoms with Gasteiger partial charge in [0.2, 0.25) is 5.91 Å². The molecule has 216 valence electrons. The summed E-state index contributed by atoms with van der Waals surface area (Å²) in [6, 6.07) is 2.67. The molecule has 4 unspecified atom stereocenters. The number of hydrogen-bond donors (Lipinski definition) is 4. The summed E-state index contributed by atoms with van der Waals surface area (Å²) in [5, 5.41) is 33.3. The van der Waals surface area contributed by atoms with Gasteiger partial charge in [0.05, 0.1) is 29.9 Å². The summed E-state index contributed by atoms with van der Waals surface area (Å²) in [4.78, 5) is 28.8. The maximum atomic E-state index is 13.9. The van der Waals surface area contributed by atoms with Gasteiger partial charge in [-0.25, -0.2) is 0 Å². The van der Waals surface area contributed by atoms with Crippen LogP contribution in [0.25, 0.3) is 0 Å². The van der Waals surface area contributed by atoms with Crippen LogP contribution in [-0.4, -0.2) is 89.3 Å². The van der Waals surface area contributed by atoms with E-state index in [9.17, 15) is 24.9 Å². The molecule has 4 rings (SSSR count). The Labute approximate surface area is 242 Å². The first-order valence-electron chi connectivity index (χ1n) is 13.7. The van der Waals surface area contributed by atoms with Crippen LogP contribution in [0, 0.1) is 3.57 Å². The minimum Gasteiger partial charge on any atom is -0.493 e. The van der Waals surface area contributed by atoms with Crippen molar-refractivity contribution in [2.24, 2.45) is 0 Å². The number of methoxy groups -OCH3 is 1. The summed E-state index contributed by atoms with van der Waals surface area (Å²) >= 11 is 2.08. The summed E-state index contributed by atoms with van der Waals surface area (Å²) < 4.78 is 18.3. The van der Waals surface area contributed by atoms with E-state index in [0.717, 1.165) is 38.5 Å². The fourth-order valence-corrected chi connectivity index (χ4v) is 6.57. The van der Waals surface area contributed by atoms with Gasteiger partial charge in [-0.2, -0.15) is 0 Å². The van der Waals surface area contributed by atoms with E-state index in [1.165, 1.54) is 7.11 Å². The van der Waals surface area contributed by atoms with Crippen molar-refractivity contribution in [2.45, 2.75) is 88.4 Å². The van der Waals surface area contributed by atoms with Crippen LogP contribution in [-0.2, 0) is 20.9 Å². The topological polar surface area (TPSA) is 138 Å². The van der Waals surface area contributed by atoms with Gasteiger partial charge in [-0.3, -0.25) is 9.59 Å². The van der Waals surface area contributed by atoms with Crippen molar-refractivity contribution in [2.75, 3.05) is 26.9 Å². The zero-order valence-electron chi connectivity index (χ0n) is 22.3. The van der Waals surface area contributed by atoms with Crippen molar-refractivity contribution in [3.8, 4) is 11.5 Å². The Morgan fingerprint density at radius 2 is 1.92 bits per heavy atom. The van der Waals surface area contributed by atoms with Crippen molar-refractivity contribution in [3.63, 3.8) is 0 Å². The minimum absolute atomic E-state index is 0.0610. The van der Waals surface area contributed by atoms with E-state index in [1.807, 2.05) is 0 Å². The highest BCUT2D eigenvalue weighted by Crippen LogP contribution is 2.38. The monoisotopic (exact) mass is 658 g/mol. The number of nitrogens with zero attached hydrogens (tertiary/aromatic N) is 1. The molecule has 3 aliphatic rings. The standard InChI is InChI=1S/C28H39IN2O8/c1-37-24-13-17(16-33)12-20(29)26(24)39-23-15-18(27(35)30-9-10-32)14-21(25(23)34)31(19-6-3-2-4-7-19)28(36)22-8-5-11-38-22/h12-13,15,19,21-23,25,32-34H,2-11,14,16H2,1H3,(H,30,35). The number of hydrogen-bond acceptors (Lipinski definition) is 8. The number of nitrogens with one attached hydrogen (secondary N) is 1. The van der Waals surface area contributed by atoms with Gasteiger partial charge in [0.1, 0.15) is 18.3 Å². The Bertz CT molecular complexity index is 1040. The first-order valence-corrected chi connectivity index (χ1v) is 14.8. The largest absolute Gasteiger partial charge is 0.493 e. The molecule has 39 heavy (non-hydrogen) atoms. The maximum absolute atomic E-state index is 13.9. The van der Waals surface area contributed by atoms with E-state index in [4.69, 9.17) is 14.2 Å². The van der Waals surface area contributed by atoms with Crippen LogP contribution < -0.4 is 14.8 Å². The number of aliphatic hydroxyl groups excluding tert-OH is 3. The number of carbonyl (C=O) groups excluding carboxylic acids is 2. The highest BCUT2D eigenvalue weighted by Gasteiger charge is 2.45. The quantitative estimate of drug-likeness (QED) is 0.281. The zero-order valence-corrected chi connectivity index (χ0v) is 24.5. The molecule has 1 aromatic carbocycles. The normalized spacial score (nSPS) is 25.6. The second-order valence-electron chi connectivity index (χ2n) is 10.3. The molecular formula is C28H39IN2O8. The first kappa shape index (κ1) is 30.0. The molecule has 1 saturated heterocycles. The molecule has 1 heterocycles. The number of halogens is 1. The summed E-state index contributed by atoms with van der Waals surface area (Å²) in [6.07, 6.45) is 5.33. The summed E-state index contributed by atoms with van der Waals surface area (Å²) in [7, 11) is 1.49. The lowest BCUT2D eigenvalue weighted by molar-refractivity contribution is -0.152. The fourth-order valence-electron chi connectivity index (χ4n) is 5.77. The molecule has 4 N–H and O–H groups in total. The predicted molar refractivity (Wildman–Crippen MR) is 151 cm³/mol. The van der Waals surface area contributed by atoms with E-state index in [-0.39, 0.29) is 44.0 Å². The van der Waals surface area contributed by atoms with Crippen LogP contribution in [0.15, 0.2) is 23.8 Å². The molecular weight excluding hydrogens is 619 g/mol. The second-order valence-corrected chi connectivity index (χ2v) is 11.5. The molecule has 0 bridgehead atoms. The minimum atomic E-state index is -1.12. The average molecular weight is 659 g/mol. The Hall–Kier alpha value is -1.93. The fraction of sp³-hybridized carbons (Fsp3) is 0.643. The smallest absolute Gasteiger partial charge is 0.252 e. The van der Waals surface area contributed by atoms with Gasteiger partial charge in [0.25, 0.3) is 5.91 Å². The highest BCUT2D eigenvalue weighted by molar-refractivity contribution is 14.1. The number of carbonyl (C=O) groups is 2. The Morgan fingerprint density at radius 3 is 2.56 bits per heavy atom. The molecule has 2 aliphatic carbocycles. The van der Waals surface area contributed by atoms with Gasteiger partial charge in [-0.15, -0.1) is 0 Å². The molecule has 4 atom stereocenters. The number of aliphatic hydroxyl groups is 3. The lowest BCUT2D eigenvalue weighted by Gasteiger charge is -2.46. The second kappa shape index (κ2) is 14.1. The maximum Gasteiger partial charge on any atom is 0.252 e. The van der Waals surface area contributed by atoms with Crippen LogP contribution in [0.5, 0.6) is 11.5 Å². The SMILES string of the molecule is COc1cc(CO)cc(I)c1OC1C=C(C(=O)NCCO)CC(N(C(=O)C2CCCO2)C2CCCCC2)C1O. The number of rotatable bonds is 10. The molecule has 1 aromatic rings. The molecule has 10 nitrogen and oxygen atoms in total. The molecule has 2 amide bonds. The Morgan fingerprint density at radius 1 is 1.15 bits per heavy atom. The van der Waals surface area contributed by atoms with E-state index >= 15 is 0 Å². The van der Waals surface area contributed by atoms with E-state index in [0.29, 0.717) is 39.2 Å². The highest BCUT2D eigenvalue weighted by atomic mass is 127. The van der Waals surface area contributed by atoms with Crippen molar-refractivity contribution in [3.05, 3.63) is 32.9 Å². The summed E-state index contributed by atoms with van der Waals surface area (Å²) in [5.41, 5.74) is 1.03. The molecule has 0 aromatic heterocycles. The third kappa shape index (κ3) is 7.05. The van der Waals surface area contributed by atoms with Gasteiger partial charge in [-0.1, -0.05) is 19.3 Å². The predicted octanol–water partition coefficient (Wildman–Crippen LogP) is 2.05. The molecule has 0 spiro atoms. The lowest BCUT2D eigenvalue weighted by atomic mass is 9.84. The van der Waals surface area contributed by atoms with Gasteiger partial charge < -0.3 is 39.7 Å². The van der Waals surface area contributed by atoms with Gasteiger partial charge in [0, 0.05) is 31.2 Å². The van der Waals surface area contributed by atoms with Crippen molar-refractivity contribution >= 4 is 34.4 Å². The van der Waals surface area contributed by atoms with Crippen LogP contribution in [0.4, 0.5) is 0 Å². The zero-order chi connectivity index (χ0) is 27.9. The van der Waals surface area contributed by atoms with Crippen LogP contribution >= 0.6 is 22.6 Å². The van der Waals surface area contributed by atoms with Gasteiger partial charge in [0.15, 0.2) is 11.5 Å². The Kier molecular flexibility index (Phi) is 10.9. The van der Waals surface area contributed by atoms with E-state index in [2.05, 4.69) is 27.9 Å². The first-order chi connectivity index (χ1) is 18.9. The van der Waals surface area contributed by atoms with Crippen molar-refractivity contribution in [1.82, 2.24) is 10.2 Å². The molecule has 2 fully saturated rings. The molecule has 0 radical (unpaired) electrons. The van der Waals surface area contributed by atoms with E-state index in [1.54, 1.807) is 23.1 Å². The number of ether oxygens (including phenoxy) is 3. The average Bonchev–Trinajstić information content (AvgIpc) is 3.50. The summed E-state index contributed by atoms with van der Waals surface area (Å²) in [5.74, 6) is 0.249. The van der Waals surface area contributed by atoms with Crippen LogP contribution in [0.1, 0.15) is 56.9 Å². The third-order valence-electron chi connectivity index (χ3n) is 7.73. The van der Waals surface area contributed by atoms with Gasteiger partial charge in [-0.05, 0) is 72.0 Å². The number of benzene rings is 1. The summed E-state index contributed by atoms with van der Waals surface area (Å²) in [6.45, 7) is 0.246. The van der Waals surface area contributed by atoms with Crippen LogP contribution in [0.3, 0.4) is 0 Å². The Balaban J connectivity index is 1.71. The molecule has 11 heteroatoms. The lowest BCUT2D eigenvalue weighted by Crippen LogP contribution is -2.60. The molecule has 1 saturated carbocycles. The van der Waals surface area contributed by atoms with Crippen molar-refractivity contribution < 1.29 is 39.1 Å². The van der Waals surface area contributed by atoms with Crippen LogP contribution in [0.2, 0.25) is 0 Å². The van der Waals surface area contributed by atoms with Crippen molar-refractivity contribution in [1.29, 1.82) is 0 Å². The van der Waals surface area contributed by atoms with Gasteiger partial charge >= 0.3 is 0 Å². The molecule has 1 aliphatic heterocycles.